The largest absolute Gasteiger partial charge is 0.357 e. The maximum atomic E-state index is 13.7. The van der Waals surface area contributed by atoms with Crippen molar-refractivity contribution in [2.45, 2.75) is 25.6 Å². The number of likely N-dealkylation sites (N-methyl/N-ethyl adjacent to an activating group) is 1. The van der Waals surface area contributed by atoms with Gasteiger partial charge in [-0.25, -0.2) is 9.37 Å². The molecule has 1 fully saturated rings. The fourth-order valence-corrected chi connectivity index (χ4v) is 5.35. The lowest BCUT2D eigenvalue weighted by atomic mass is 10.0. The summed E-state index contributed by atoms with van der Waals surface area (Å²) in [6.07, 6.45) is 0.326. The third-order valence-electron chi connectivity index (χ3n) is 7.73. The molecule has 1 unspecified atom stereocenters. The molecular weight excluding hydrogens is 599 g/mol. The number of carbonyl (C=O) groups excluding carboxylic acids is 1. The van der Waals surface area contributed by atoms with E-state index in [9.17, 15) is 9.18 Å². The van der Waals surface area contributed by atoms with Gasteiger partial charge in [0.05, 0.1) is 29.2 Å². The van der Waals surface area contributed by atoms with E-state index in [0.29, 0.717) is 28.8 Å². The molecule has 47 heavy (non-hydrogen) atoms. The highest BCUT2D eigenvalue weighted by Gasteiger charge is 2.20. The lowest BCUT2D eigenvalue weighted by Crippen LogP contribution is -2.42. The molecule has 0 bridgehead atoms. The minimum Gasteiger partial charge on any atom is -0.357 e. The normalized spacial score (nSPS) is 13.9. The Balaban J connectivity index is 1.25. The van der Waals surface area contributed by atoms with Crippen molar-refractivity contribution in [3.05, 3.63) is 95.1 Å². The molecule has 240 valence electrons. The molecule has 0 spiro atoms. The predicted molar refractivity (Wildman–Crippen MR) is 177 cm³/mol. The van der Waals surface area contributed by atoms with Gasteiger partial charge < -0.3 is 31.6 Å². The van der Waals surface area contributed by atoms with Crippen LogP contribution in [0.3, 0.4) is 0 Å². The van der Waals surface area contributed by atoms with E-state index in [1.807, 2.05) is 24.3 Å². The Hall–Kier alpha value is -5.65. The highest BCUT2D eigenvalue weighted by atomic mass is 19.1. The van der Waals surface area contributed by atoms with Gasteiger partial charge in [-0.05, 0) is 47.5 Å². The van der Waals surface area contributed by atoms with Crippen LogP contribution in [0.25, 0.3) is 11.0 Å². The molecule has 3 aromatic carbocycles. The van der Waals surface area contributed by atoms with Crippen LogP contribution in [0.15, 0.2) is 66.7 Å². The topological polar surface area (TPSA) is 172 Å². The summed E-state index contributed by atoms with van der Waals surface area (Å²) >= 11 is 0. The van der Waals surface area contributed by atoms with Gasteiger partial charge in [0.1, 0.15) is 17.7 Å². The van der Waals surface area contributed by atoms with Crippen molar-refractivity contribution in [1.82, 2.24) is 40.5 Å². The smallest absolute Gasteiger partial charge is 0.242 e. The van der Waals surface area contributed by atoms with E-state index >= 15 is 0 Å². The standard InChI is InChI=1S/C33H35FN12O/c1-36-30(47)28(16-21-5-7-22(18-35)8-6-21)42-33-44-31(38-19-29-40-26-10-9-24(34)17-27(26)41-29)43-32(45-33)39-25-4-2-3-23(15-25)20-46-13-11-37-12-14-46/h2-10,15,17,28,37H,11-14,16,19-20H2,1H3,(H,36,47)(H,40,41)(H3,38,39,42,43,44,45). The number of carbonyl (C=O) groups is 1. The number of nitrogens with zero attached hydrogens (tertiary/aromatic N) is 6. The predicted octanol–water partition coefficient (Wildman–Crippen LogP) is 3.29. The number of halogens is 1. The first-order valence-corrected chi connectivity index (χ1v) is 15.3. The Morgan fingerprint density at radius 1 is 0.979 bits per heavy atom. The zero-order valence-electron chi connectivity index (χ0n) is 25.8. The minimum absolute atomic E-state index is 0.177. The molecule has 6 N–H and O–H groups in total. The molecule has 0 saturated carbocycles. The quantitative estimate of drug-likeness (QED) is 0.119. The van der Waals surface area contributed by atoms with Gasteiger partial charge in [0.25, 0.3) is 0 Å². The van der Waals surface area contributed by atoms with Crippen LogP contribution in [-0.4, -0.2) is 75.0 Å². The Morgan fingerprint density at radius 3 is 2.55 bits per heavy atom. The van der Waals surface area contributed by atoms with E-state index in [0.717, 1.165) is 49.5 Å². The third-order valence-corrected chi connectivity index (χ3v) is 7.73. The number of piperazine rings is 1. The highest BCUT2D eigenvalue weighted by molar-refractivity contribution is 5.84. The van der Waals surface area contributed by atoms with E-state index in [2.05, 4.69) is 74.6 Å². The summed E-state index contributed by atoms with van der Waals surface area (Å²) in [5.74, 6) is 0.633. The van der Waals surface area contributed by atoms with Crippen LogP contribution in [0.2, 0.25) is 0 Å². The number of fused-ring (bicyclic) bond motifs is 1. The maximum absolute atomic E-state index is 13.7. The number of amides is 1. The highest BCUT2D eigenvalue weighted by Crippen LogP contribution is 2.20. The molecule has 2 aromatic heterocycles. The molecule has 1 aliphatic heterocycles. The summed E-state index contributed by atoms with van der Waals surface area (Å²) in [5, 5.41) is 24.9. The Kier molecular flexibility index (Phi) is 9.75. The van der Waals surface area contributed by atoms with Gasteiger partial charge in [-0.2, -0.15) is 20.2 Å². The molecule has 1 saturated heterocycles. The van der Waals surface area contributed by atoms with Crippen LogP contribution in [0, 0.1) is 17.1 Å². The van der Waals surface area contributed by atoms with Crippen molar-refractivity contribution in [2.75, 3.05) is 49.2 Å². The van der Waals surface area contributed by atoms with Crippen molar-refractivity contribution in [2.24, 2.45) is 0 Å². The van der Waals surface area contributed by atoms with Gasteiger partial charge in [-0.3, -0.25) is 9.69 Å². The van der Waals surface area contributed by atoms with Gasteiger partial charge >= 0.3 is 0 Å². The number of hydrogen-bond acceptors (Lipinski definition) is 11. The zero-order valence-corrected chi connectivity index (χ0v) is 25.8. The number of aromatic amines is 1. The summed E-state index contributed by atoms with van der Waals surface area (Å²) in [6, 6.07) is 20.9. The molecule has 0 radical (unpaired) electrons. The van der Waals surface area contributed by atoms with Crippen molar-refractivity contribution < 1.29 is 9.18 Å². The number of benzene rings is 3. The van der Waals surface area contributed by atoms with Crippen molar-refractivity contribution >= 4 is 40.5 Å². The molecule has 14 heteroatoms. The number of aromatic nitrogens is 5. The minimum atomic E-state index is -0.719. The fraction of sp³-hybridized carbons (Fsp3) is 0.273. The second-order valence-corrected chi connectivity index (χ2v) is 11.2. The first-order valence-electron chi connectivity index (χ1n) is 15.3. The van der Waals surface area contributed by atoms with Crippen LogP contribution in [-0.2, 0) is 24.3 Å². The molecule has 0 aliphatic carbocycles. The van der Waals surface area contributed by atoms with E-state index in [1.165, 1.54) is 12.1 Å². The molecular formula is C33H35FN12O. The number of nitriles is 1. The van der Waals surface area contributed by atoms with Crippen molar-refractivity contribution in [3.63, 3.8) is 0 Å². The number of rotatable bonds is 12. The van der Waals surface area contributed by atoms with Crippen LogP contribution in [0.5, 0.6) is 0 Å². The number of anilines is 4. The summed E-state index contributed by atoms with van der Waals surface area (Å²) in [7, 11) is 1.57. The van der Waals surface area contributed by atoms with Crippen LogP contribution < -0.4 is 26.6 Å². The molecule has 1 atom stereocenters. The maximum Gasteiger partial charge on any atom is 0.242 e. The number of nitrogens with one attached hydrogen (secondary N) is 6. The molecule has 5 aromatic rings. The first kappa shape index (κ1) is 31.3. The zero-order chi connectivity index (χ0) is 32.6. The second kappa shape index (κ2) is 14.6. The Labute approximate surface area is 271 Å². The number of H-pyrrole nitrogens is 1. The average Bonchev–Trinajstić information content (AvgIpc) is 3.49. The summed E-state index contributed by atoms with van der Waals surface area (Å²) in [6.45, 7) is 4.99. The summed E-state index contributed by atoms with van der Waals surface area (Å²) in [5.41, 5.74) is 4.58. The van der Waals surface area contributed by atoms with E-state index in [4.69, 9.17) is 5.26 Å². The first-order chi connectivity index (χ1) is 22.9. The molecule has 1 aliphatic rings. The third kappa shape index (κ3) is 8.34. The van der Waals surface area contributed by atoms with Gasteiger partial charge in [0, 0.05) is 57.9 Å². The van der Waals surface area contributed by atoms with Crippen molar-refractivity contribution in [3.8, 4) is 6.07 Å². The lowest BCUT2D eigenvalue weighted by molar-refractivity contribution is -0.121. The Bertz CT molecular complexity index is 1880. The van der Waals surface area contributed by atoms with Gasteiger partial charge in [0.15, 0.2) is 0 Å². The molecule has 6 rings (SSSR count). The van der Waals surface area contributed by atoms with E-state index in [1.54, 1.807) is 25.2 Å². The average molecular weight is 635 g/mol. The monoisotopic (exact) mass is 634 g/mol. The second-order valence-electron chi connectivity index (χ2n) is 11.2. The lowest BCUT2D eigenvalue weighted by Gasteiger charge is -2.27. The number of hydrogen-bond donors (Lipinski definition) is 6. The van der Waals surface area contributed by atoms with Gasteiger partial charge in [-0.1, -0.05) is 24.3 Å². The fourth-order valence-electron chi connectivity index (χ4n) is 5.35. The van der Waals surface area contributed by atoms with Crippen LogP contribution in [0.4, 0.5) is 27.9 Å². The van der Waals surface area contributed by atoms with Gasteiger partial charge in [-0.15, -0.1) is 0 Å². The van der Waals surface area contributed by atoms with Gasteiger partial charge in [0.2, 0.25) is 23.8 Å². The van der Waals surface area contributed by atoms with Crippen LogP contribution in [0.1, 0.15) is 22.5 Å². The molecule has 3 heterocycles. The summed E-state index contributed by atoms with van der Waals surface area (Å²) < 4.78 is 13.7. The van der Waals surface area contributed by atoms with E-state index in [-0.39, 0.29) is 36.1 Å². The molecule has 13 nitrogen and oxygen atoms in total. The SMILES string of the molecule is CNC(=O)C(Cc1ccc(C#N)cc1)Nc1nc(NCc2nc3cc(F)ccc3[nH]2)nc(Nc2cccc(CN3CCNCC3)c2)n1. The number of imidazole rings is 1. The summed E-state index contributed by atoms with van der Waals surface area (Å²) in [4.78, 5) is 36.7. The van der Waals surface area contributed by atoms with Crippen molar-refractivity contribution in [1.29, 1.82) is 5.26 Å². The van der Waals surface area contributed by atoms with E-state index < -0.39 is 6.04 Å². The molecule has 1 amide bonds. The Morgan fingerprint density at radius 2 is 1.77 bits per heavy atom. The van der Waals surface area contributed by atoms with Crippen LogP contribution >= 0.6 is 0 Å².